The molecule has 1 aromatic rings. The molecule has 3 heterocycles. The highest BCUT2D eigenvalue weighted by Gasteiger charge is 2.33. The number of nitrogens with zero attached hydrogens (tertiary/aromatic N) is 5. The van der Waals surface area contributed by atoms with Gasteiger partial charge >= 0.3 is 11.7 Å². The number of nitro groups is 1. The third-order valence-electron chi connectivity index (χ3n) is 4.46. The average Bonchev–Trinajstić information content (AvgIpc) is 2.57. The van der Waals surface area contributed by atoms with Crippen molar-refractivity contribution in [3.63, 3.8) is 0 Å². The summed E-state index contributed by atoms with van der Waals surface area (Å²) in [7, 11) is 0. The number of aromatic nitrogens is 1. The molecule has 0 bridgehead atoms. The summed E-state index contributed by atoms with van der Waals surface area (Å²) < 4.78 is 0. The molecular weight excluding hydrogens is 300 g/mol. The first-order valence-corrected chi connectivity index (χ1v) is 7.75. The van der Waals surface area contributed by atoms with Gasteiger partial charge in [0.1, 0.15) is 0 Å². The van der Waals surface area contributed by atoms with E-state index in [9.17, 15) is 14.9 Å². The van der Waals surface area contributed by atoms with Crippen molar-refractivity contribution in [1.82, 2.24) is 14.9 Å². The van der Waals surface area contributed by atoms with E-state index in [-0.39, 0.29) is 17.8 Å². The molecule has 2 amide bonds. The van der Waals surface area contributed by atoms with E-state index in [2.05, 4.69) is 4.98 Å². The maximum atomic E-state index is 12.1. The third kappa shape index (κ3) is 3.04. The van der Waals surface area contributed by atoms with Crippen molar-refractivity contribution in [3.05, 3.63) is 28.4 Å². The van der Waals surface area contributed by atoms with Gasteiger partial charge in [-0.15, -0.1) is 0 Å². The van der Waals surface area contributed by atoms with Crippen molar-refractivity contribution in [2.45, 2.75) is 25.3 Å². The first-order chi connectivity index (χ1) is 11.1. The summed E-state index contributed by atoms with van der Waals surface area (Å²) >= 11 is 0. The Labute approximate surface area is 133 Å². The van der Waals surface area contributed by atoms with Gasteiger partial charge in [0, 0.05) is 44.5 Å². The Morgan fingerprint density at radius 2 is 2.00 bits per heavy atom. The first kappa shape index (κ1) is 15.5. The van der Waals surface area contributed by atoms with Gasteiger partial charge in [-0.1, -0.05) is 0 Å². The summed E-state index contributed by atoms with van der Waals surface area (Å²) in [6.07, 6.45) is 3.95. The van der Waals surface area contributed by atoms with Crippen molar-refractivity contribution in [2.75, 3.05) is 31.1 Å². The number of carbonyl (C=O) groups is 1. The number of rotatable bonds is 3. The molecule has 9 heteroatoms. The highest BCUT2D eigenvalue weighted by atomic mass is 16.6. The molecular formula is C14H20N6O3. The molecule has 2 fully saturated rings. The van der Waals surface area contributed by atoms with E-state index in [0.717, 1.165) is 25.8 Å². The van der Waals surface area contributed by atoms with Crippen LogP contribution in [0.1, 0.15) is 19.3 Å². The lowest BCUT2D eigenvalue weighted by Crippen LogP contribution is -2.57. The summed E-state index contributed by atoms with van der Waals surface area (Å²) in [5.41, 5.74) is 0.0214. The number of hydrazine groups is 1. The zero-order valence-electron chi connectivity index (χ0n) is 12.8. The molecule has 0 unspecified atom stereocenters. The summed E-state index contributed by atoms with van der Waals surface area (Å²) in [5.74, 6) is 6.10. The smallest absolute Gasteiger partial charge is 0.334 e. The average molecular weight is 320 g/mol. The predicted octanol–water partition coefficient (Wildman–Crippen LogP) is 0.960. The molecule has 23 heavy (non-hydrogen) atoms. The summed E-state index contributed by atoms with van der Waals surface area (Å²) in [4.78, 5) is 30.8. The topological polar surface area (TPSA) is 109 Å². The van der Waals surface area contributed by atoms with E-state index in [1.54, 1.807) is 12.3 Å². The molecule has 0 aliphatic carbocycles. The number of carbonyl (C=O) groups excluding carboxylic acids is 1. The van der Waals surface area contributed by atoms with Crippen LogP contribution in [0.3, 0.4) is 0 Å². The van der Waals surface area contributed by atoms with E-state index in [4.69, 9.17) is 5.84 Å². The maximum absolute atomic E-state index is 12.1. The van der Waals surface area contributed by atoms with E-state index < -0.39 is 4.92 Å². The molecule has 3 rings (SSSR count). The molecule has 0 radical (unpaired) electrons. The van der Waals surface area contributed by atoms with Gasteiger partial charge in [0.2, 0.25) is 5.82 Å². The molecule has 0 saturated carbocycles. The lowest BCUT2D eigenvalue weighted by atomic mass is 10.0. The second kappa shape index (κ2) is 6.37. The van der Waals surface area contributed by atoms with Gasteiger partial charge in [-0.25, -0.2) is 15.6 Å². The van der Waals surface area contributed by atoms with Crippen LogP contribution in [0.25, 0.3) is 0 Å². The van der Waals surface area contributed by atoms with Gasteiger partial charge in [0.25, 0.3) is 0 Å². The molecule has 9 nitrogen and oxygen atoms in total. The number of anilines is 1. The number of nitrogens with two attached hydrogens (primary N) is 1. The summed E-state index contributed by atoms with van der Waals surface area (Å²) in [6, 6.07) is 3.04. The fourth-order valence-electron chi connectivity index (χ4n) is 3.27. The van der Waals surface area contributed by atoms with Crippen LogP contribution in [0.5, 0.6) is 0 Å². The third-order valence-corrected chi connectivity index (χ3v) is 4.46. The van der Waals surface area contributed by atoms with Crippen LogP contribution < -0.4 is 10.7 Å². The quantitative estimate of drug-likeness (QED) is 0.384. The Morgan fingerprint density at radius 1 is 1.26 bits per heavy atom. The standard InChI is InChI=1S/C14H20N6O3/c15-19-8-2-7-18(14(19)21)11-4-9-17(10-5-11)13-12(20(22)23)3-1-6-16-13/h1,3,6,11H,2,4-5,7-10,15H2. The van der Waals surface area contributed by atoms with Gasteiger partial charge < -0.3 is 9.80 Å². The molecule has 2 aliphatic heterocycles. The number of piperidine rings is 1. The van der Waals surface area contributed by atoms with Gasteiger partial charge in [-0.2, -0.15) is 0 Å². The normalized spacial score (nSPS) is 20.0. The van der Waals surface area contributed by atoms with Crippen LogP contribution in [0.15, 0.2) is 18.3 Å². The van der Waals surface area contributed by atoms with Crippen LogP contribution >= 0.6 is 0 Å². The Morgan fingerprint density at radius 3 is 2.70 bits per heavy atom. The molecule has 0 spiro atoms. The lowest BCUT2D eigenvalue weighted by Gasteiger charge is -2.42. The number of urea groups is 1. The van der Waals surface area contributed by atoms with Crippen molar-refractivity contribution < 1.29 is 9.72 Å². The predicted molar refractivity (Wildman–Crippen MR) is 83.7 cm³/mol. The highest BCUT2D eigenvalue weighted by Crippen LogP contribution is 2.29. The van der Waals surface area contributed by atoms with Crippen molar-refractivity contribution in [1.29, 1.82) is 0 Å². The van der Waals surface area contributed by atoms with E-state index in [1.165, 1.54) is 11.1 Å². The van der Waals surface area contributed by atoms with Crippen LogP contribution in [0.4, 0.5) is 16.3 Å². The lowest BCUT2D eigenvalue weighted by molar-refractivity contribution is -0.384. The summed E-state index contributed by atoms with van der Waals surface area (Å²) in [5, 5.41) is 12.4. The molecule has 2 saturated heterocycles. The second-order valence-electron chi connectivity index (χ2n) is 5.84. The number of pyridine rings is 1. The zero-order valence-corrected chi connectivity index (χ0v) is 12.8. The van der Waals surface area contributed by atoms with Crippen LogP contribution in [-0.4, -0.2) is 58.1 Å². The molecule has 124 valence electrons. The molecule has 0 aromatic carbocycles. The van der Waals surface area contributed by atoms with Gasteiger partial charge in [-0.3, -0.25) is 15.1 Å². The first-order valence-electron chi connectivity index (χ1n) is 7.75. The number of amides is 2. The number of hydrogen-bond donors (Lipinski definition) is 1. The molecule has 0 atom stereocenters. The fourth-order valence-corrected chi connectivity index (χ4v) is 3.27. The van der Waals surface area contributed by atoms with Crippen LogP contribution in [0, 0.1) is 10.1 Å². The van der Waals surface area contributed by atoms with Crippen LogP contribution in [-0.2, 0) is 0 Å². The van der Waals surface area contributed by atoms with Gasteiger partial charge in [0.15, 0.2) is 0 Å². The highest BCUT2D eigenvalue weighted by molar-refractivity contribution is 5.75. The molecule has 1 aromatic heterocycles. The second-order valence-corrected chi connectivity index (χ2v) is 5.84. The monoisotopic (exact) mass is 320 g/mol. The number of hydrogen-bond acceptors (Lipinski definition) is 6. The zero-order chi connectivity index (χ0) is 16.4. The van der Waals surface area contributed by atoms with Gasteiger partial charge in [0.05, 0.1) is 4.92 Å². The van der Waals surface area contributed by atoms with Crippen LogP contribution in [0.2, 0.25) is 0 Å². The Balaban J connectivity index is 1.67. The molecule has 2 aliphatic rings. The minimum atomic E-state index is -0.408. The van der Waals surface area contributed by atoms with Crippen molar-refractivity contribution in [2.24, 2.45) is 5.84 Å². The Hall–Kier alpha value is -2.42. The van der Waals surface area contributed by atoms with E-state index in [1.807, 2.05) is 9.80 Å². The maximum Gasteiger partial charge on any atom is 0.334 e. The minimum Gasteiger partial charge on any atom is -0.351 e. The fraction of sp³-hybridized carbons (Fsp3) is 0.571. The van der Waals surface area contributed by atoms with Gasteiger partial charge in [-0.05, 0) is 25.3 Å². The van der Waals surface area contributed by atoms with Crippen molar-refractivity contribution >= 4 is 17.5 Å². The Bertz CT molecular complexity index is 602. The van der Waals surface area contributed by atoms with E-state index >= 15 is 0 Å². The van der Waals surface area contributed by atoms with Crippen molar-refractivity contribution in [3.8, 4) is 0 Å². The molecule has 2 N–H and O–H groups in total. The largest absolute Gasteiger partial charge is 0.351 e. The minimum absolute atomic E-state index is 0.0214. The van der Waals surface area contributed by atoms with E-state index in [0.29, 0.717) is 25.5 Å². The summed E-state index contributed by atoms with van der Waals surface area (Å²) in [6.45, 7) is 2.59. The Kier molecular flexibility index (Phi) is 4.28. The SMILES string of the molecule is NN1CCCN(C2CCN(c3ncccc3[N+](=O)[O-])CC2)C1=O.